The van der Waals surface area contributed by atoms with Gasteiger partial charge in [-0.05, 0) is 54.1 Å². The molecule has 1 atom stereocenters. The first-order valence-electron chi connectivity index (χ1n) is 10.8. The molecule has 0 aliphatic carbocycles. The first kappa shape index (κ1) is 26.2. The molecule has 0 aromatic heterocycles. The standard InChI is InChI=1S/C24H19F5N2O5S/c25-16-5-6-20(26)19(12-16)14-4-7-22-21(10-14)31(13-17(36-22)8-9-30-23(32)33)37(34,35)18-3-1-2-15(11-18)24(27,28)29/h1-7,10-12,17,30H,8-9,13H2,(H,32,33). The summed E-state index contributed by atoms with van der Waals surface area (Å²) in [5.41, 5.74) is -1.32. The molecular formula is C24H19F5N2O5S. The van der Waals surface area contributed by atoms with Crippen molar-refractivity contribution in [2.24, 2.45) is 0 Å². The molecule has 0 radical (unpaired) electrons. The van der Waals surface area contributed by atoms with Crippen molar-refractivity contribution in [1.29, 1.82) is 0 Å². The van der Waals surface area contributed by atoms with Gasteiger partial charge in [-0.25, -0.2) is 22.0 Å². The van der Waals surface area contributed by atoms with Gasteiger partial charge in [-0.15, -0.1) is 0 Å². The molecule has 37 heavy (non-hydrogen) atoms. The SMILES string of the molecule is O=C(O)NCCC1CN(S(=O)(=O)c2cccc(C(F)(F)F)c2)c2cc(-c3cc(F)ccc3F)ccc2O1. The van der Waals surface area contributed by atoms with E-state index in [4.69, 9.17) is 9.84 Å². The van der Waals surface area contributed by atoms with Gasteiger partial charge < -0.3 is 15.2 Å². The molecule has 2 N–H and O–H groups in total. The number of nitrogens with one attached hydrogen (secondary N) is 1. The highest BCUT2D eigenvalue weighted by Gasteiger charge is 2.37. The summed E-state index contributed by atoms with van der Waals surface area (Å²) in [4.78, 5) is 10.1. The Morgan fingerprint density at radius 1 is 1.08 bits per heavy atom. The number of alkyl halides is 3. The molecule has 1 aliphatic heterocycles. The lowest BCUT2D eigenvalue weighted by Gasteiger charge is -2.36. The summed E-state index contributed by atoms with van der Waals surface area (Å²) in [5.74, 6) is -1.49. The number of hydrogen-bond donors (Lipinski definition) is 2. The lowest BCUT2D eigenvalue weighted by atomic mass is 10.0. The van der Waals surface area contributed by atoms with Gasteiger partial charge in [-0.3, -0.25) is 4.31 Å². The first-order valence-corrected chi connectivity index (χ1v) is 12.2. The van der Waals surface area contributed by atoms with E-state index in [0.717, 1.165) is 40.7 Å². The van der Waals surface area contributed by atoms with E-state index in [1.54, 1.807) is 0 Å². The van der Waals surface area contributed by atoms with E-state index in [9.17, 15) is 35.2 Å². The van der Waals surface area contributed by atoms with Crippen LogP contribution in [0.3, 0.4) is 0 Å². The van der Waals surface area contributed by atoms with E-state index in [1.165, 1.54) is 18.2 Å². The van der Waals surface area contributed by atoms with Crippen molar-refractivity contribution in [3.63, 3.8) is 0 Å². The fourth-order valence-electron chi connectivity index (χ4n) is 3.88. The normalized spacial score (nSPS) is 15.6. The number of benzene rings is 3. The molecule has 1 aliphatic rings. The quantitative estimate of drug-likeness (QED) is 0.414. The lowest BCUT2D eigenvalue weighted by Crippen LogP contribution is -2.44. The van der Waals surface area contributed by atoms with Crippen LogP contribution in [-0.4, -0.2) is 38.8 Å². The Kier molecular flexibility index (Phi) is 7.00. The van der Waals surface area contributed by atoms with Crippen LogP contribution in [0.5, 0.6) is 5.75 Å². The highest BCUT2D eigenvalue weighted by atomic mass is 32.2. The minimum absolute atomic E-state index is 0.0164. The van der Waals surface area contributed by atoms with E-state index in [1.807, 2.05) is 0 Å². The van der Waals surface area contributed by atoms with Gasteiger partial charge in [0.15, 0.2) is 0 Å². The van der Waals surface area contributed by atoms with Gasteiger partial charge >= 0.3 is 12.3 Å². The van der Waals surface area contributed by atoms with Crippen LogP contribution >= 0.6 is 0 Å². The molecule has 7 nitrogen and oxygen atoms in total. The molecule has 0 fully saturated rings. The molecule has 1 heterocycles. The smallest absolute Gasteiger partial charge is 0.416 e. The summed E-state index contributed by atoms with van der Waals surface area (Å²) in [6.45, 7) is -0.457. The fraction of sp³-hybridized carbons (Fsp3) is 0.208. The van der Waals surface area contributed by atoms with E-state index >= 15 is 0 Å². The lowest BCUT2D eigenvalue weighted by molar-refractivity contribution is -0.137. The zero-order chi connectivity index (χ0) is 27.0. The number of anilines is 1. The molecule has 13 heteroatoms. The topological polar surface area (TPSA) is 95.9 Å². The monoisotopic (exact) mass is 542 g/mol. The number of rotatable bonds is 6. The van der Waals surface area contributed by atoms with Crippen molar-refractivity contribution in [2.45, 2.75) is 23.6 Å². The third-order valence-electron chi connectivity index (χ3n) is 5.62. The van der Waals surface area contributed by atoms with Gasteiger partial charge in [-0.1, -0.05) is 12.1 Å². The van der Waals surface area contributed by atoms with Gasteiger partial charge in [0.2, 0.25) is 0 Å². The van der Waals surface area contributed by atoms with Gasteiger partial charge in [-0.2, -0.15) is 13.2 Å². The molecule has 0 spiro atoms. The summed E-state index contributed by atoms with van der Waals surface area (Å²) in [6, 6.07) is 9.91. The van der Waals surface area contributed by atoms with E-state index in [-0.39, 0.29) is 42.1 Å². The number of fused-ring (bicyclic) bond motifs is 1. The van der Waals surface area contributed by atoms with Crippen LogP contribution in [0.15, 0.2) is 65.6 Å². The molecule has 4 rings (SSSR count). The van der Waals surface area contributed by atoms with Crippen LogP contribution in [0, 0.1) is 11.6 Å². The molecule has 0 bridgehead atoms. The molecule has 0 saturated heterocycles. The zero-order valence-electron chi connectivity index (χ0n) is 18.8. The zero-order valence-corrected chi connectivity index (χ0v) is 19.6. The fourth-order valence-corrected chi connectivity index (χ4v) is 5.42. The Balaban J connectivity index is 1.80. The van der Waals surface area contributed by atoms with Crippen molar-refractivity contribution in [3.05, 3.63) is 77.9 Å². The minimum atomic E-state index is -4.79. The molecule has 0 saturated carbocycles. The van der Waals surface area contributed by atoms with E-state index in [0.29, 0.717) is 6.07 Å². The average Bonchev–Trinajstić information content (AvgIpc) is 2.84. The Hall–Kier alpha value is -3.87. The summed E-state index contributed by atoms with van der Waals surface area (Å²) >= 11 is 0. The van der Waals surface area contributed by atoms with Gasteiger partial charge in [0.05, 0.1) is 22.7 Å². The number of carboxylic acid groups (broad SMARTS) is 1. The highest BCUT2D eigenvalue weighted by molar-refractivity contribution is 7.92. The highest BCUT2D eigenvalue weighted by Crippen LogP contribution is 2.41. The number of carbonyl (C=O) groups is 1. The maximum atomic E-state index is 14.4. The van der Waals surface area contributed by atoms with Crippen molar-refractivity contribution < 1.29 is 45.0 Å². The van der Waals surface area contributed by atoms with Crippen LogP contribution < -0.4 is 14.4 Å². The maximum absolute atomic E-state index is 14.4. The van der Waals surface area contributed by atoms with Crippen molar-refractivity contribution >= 4 is 21.8 Å². The predicted octanol–water partition coefficient (Wildman–Crippen LogP) is 5.26. The summed E-state index contributed by atoms with van der Waals surface area (Å²) < 4.78 is 102. The Morgan fingerprint density at radius 3 is 2.54 bits per heavy atom. The second-order valence-corrected chi connectivity index (χ2v) is 9.99. The van der Waals surface area contributed by atoms with Gasteiger partial charge in [0.25, 0.3) is 10.0 Å². The molecule has 3 aromatic carbocycles. The van der Waals surface area contributed by atoms with Gasteiger partial charge in [0, 0.05) is 18.5 Å². The summed E-state index contributed by atoms with van der Waals surface area (Å²) in [5, 5.41) is 10.9. The Bertz CT molecular complexity index is 1450. The molecule has 1 unspecified atom stereocenters. The van der Waals surface area contributed by atoms with Crippen LogP contribution in [0.1, 0.15) is 12.0 Å². The van der Waals surface area contributed by atoms with Gasteiger partial charge in [0.1, 0.15) is 23.5 Å². The van der Waals surface area contributed by atoms with E-state index < -0.39 is 50.5 Å². The van der Waals surface area contributed by atoms with E-state index in [2.05, 4.69) is 5.32 Å². The third kappa shape index (κ3) is 5.61. The molecule has 1 amide bonds. The summed E-state index contributed by atoms with van der Waals surface area (Å²) in [6.07, 6.45) is -6.91. The second-order valence-electron chi connectivity index (χ2n) is 8.13. The van der Waals surface area contributed by atoms with Crippen molar-refractivity contribution in [2.75, 3.05) is 17.4 Å². The Morgan fingerprint density at radius 2 is 1.84 bits per heavy atom. The number of sulfonamides is 1. The largest absolute Gasteiger partial charge is 0.486 e. The number of amides is 1. The predicted molar refractivity (Wildman–Crippen MR) is 123 cm³/mol. The molecule has 196 valence electrons. The van der Waals surface area contributed by atoms with Crippen molar-refractivity contribution in [1.82, 2.24) is 5.32 Å². The molecule has 3 aromatic rings. The second kappa shape index (κ2) is 9.88. The van der Waals surface area contributed by atoms with Crippen molar-refractivity contribution in [3.8, 4) is 16.9 Å². The number of ether oxygens (including phenoxy) is 1. The minimum Gasteiger partial charge on any atom is -0.486 e. The van der Waals surface area contributed by atoms with Crippen LogP contribution in [-0.2, 0) is 16.2 Å². The third-order valence-corrected chi connectivity index (χ3v) is 7.40. The number of nitrogens with zero attached hydrogens (tertiary/aromatic N) is 1. The maximum Gasteiger partial charge on any atom is 0.416 e. The first-order chi connectivity index (χ1) is 17.4. The number of hydrogen-bond acceptors (Lipinski definition) is 4. The number of halogens is 5. The average molecular weight is 542 g/mol. The molecular weight excluding hydrogens is 523 g/mol. The Labute approximate surface area is 208 Å². The summed E-state index contributed by atoms with van der Waals surface area (Å²) in [7, 11) is -4.60. The van der Waals surface area contributed by atoms with Crippen LogP contribution in [0.4, 0.5) is 32.4 Å². The van der Waals surface area contributed by atoms with Crippen LogP contribution in [0.25, 0.3) is 11.1 Å². The van der Waals surface area contributed by atoms with Crippen LogP contribution in [0.2, 0.25) is 0 Å².